The number of carboxylic acids is 1. The summed E-state index contributed by atoms with van der Waals surface area (Å²) in [6, 6.07) is 0. The quantitative estimate of drug-likeness (QED) is 0.731. The molecule has 0 aromatic heterocycles. The van der Waals surface area contributed by atoms with Crippen LogP contribution in [0.15, 0.2) is 47.7 Å². The van der Waals surface area contributed by atoms with E-state index >= 15 is 0 Å². The van der Waals surface area contributed by atoms with Crippen LogP contribution in [0.25, 0.3) is 0 Å². The summed E-state index contributed by atoms with van der Waals surface area (Å²) in [6.45, 7) is 2.45. The van der Waals surface area contributed by atoms with Crippen LogP contribution in [0, 0.1) is 5.92 Å². The first-order valence-corrected chi connectivity index (χ1v) is 6.83. The first-order chi connectivity index (χ1) is 10.1. The van der Waals surface area contributed by atoms with Crippen molar-refractivity contribution in [1.29, 1.82) is 0 Å². The van der Waals surface area contributed by atoms with Crippen LogP contribution in [0.2, 0.25) is 0 Å². The van der Waals surface area contributed by atoms with Gasteiger partial charge >= 0.3 is 5.97 Å². The van der Waals surface area contributed by atoms with Gasteiger partial charge in [-0.25, -0.2) is 4.79 Å². The first-order valence-electron chi connectivity index (χ1n) is 6.83. The van der Waals surface area contributed by atoms with E-state index < -0.39 is 5.97 Å². The molecule has 1 unspecified atom stereocenters. The lowest BCUT2D eigenvalue weighted by Crippen LogP contribution is -2.05. The Morgan fingerprint density at radius 1 is 1.43 bits per heavy atom. The number of aliphatic carboxylic acids is 1. The summed E-state index contributed by atoms with van der Waals surface area (Å²) in [6.07, 6.45) is 9.64. The standard InChI is InChI=1S/C16H22O5/c1-4-21-14-9-8-12(6-5-7-16(17)18)10-13(19-2)11-15(14)20-3/h5,7-10,12H,4,6,11H2,1-3H3,(H,17,18)/b7-5+,9-8?,13-10+,15-14-. The summed E-state index contributed by atoms with van der Waals surface area (Å²) in [4.78, 5) is 10.5. The zero-order valence-electron chi connectivity index (χ0n) is 12.7. The topological polar surface area (TPSA) is 65.0 Å². The Bertz CT molecular complexity index is 471. The molecule has 116 valence electrons. The molecule has 0 saturated carbocycles. The molecule has 0 spiro atoms. The minimum absolute atomic E-state index is 0.0458. The van der Waals surface area contributed by atoms with Gasteiger partial charge in [-0.05, 0) is 25.5 Å². The number of hydrogen-bond donors (Lipinski definition) is 1. The largest absolute Gasteiger partial charge is 0.501 e. The summed E-state index contributed by atoms with van der Waals surface area (Å²) >= 11 is 0. The van der Waals surface area contributed by atoms with Gasteiger partial charge in [0.2, 0.25) is 0 Å². The monoisotopic (exact) mass is 294 g/mol. The molecule has 21 heavy (non-hydrogen) atoms. The van der Waals surface area contributed by atoms with Crippen LogP contribution in [0.3, 0.4) is 0 Å². The fourth-order valence-corrected chi connectivity index (χ4v) is 1.97. The second-order valence-corrected chi connectivity index (χ2v) is 4.44. The molecule has 0 aromatic rings. The van der Waals surface area contributed by atoms with E-state index in [1.165, 1.54) is 0 Å². The van der Waals surface area contributed by atoms with E-state index in [4.69, 9.17) is 19.3 Å². The third kappa shape index (κ3) is 5.77. The van der Waals surface area contributed by atoms with Crippen molar-refractivity contribution in [3.63, 3.8) is 0 Å². The first kappa shape index (κ1) is 16.9. The Morgan fingerprint density at radius 3 is 2.76 bits per heavy atom. The molecule has 5 nitrogen and oxygen atoms in total. The molecule has 5 heteroatoms. The van der Waals surface area contributed by atoms with E-state index in [1.54, 1.807) is 20.3 Å². The molecule has 0 heterocycles. The summed E-state index contributed by atoms with van der Waals surface area (Å²) in [7, 11) is 3.21. The number of methoxy groups -OCH3 is 2. The van der Waals surface area contributed by atoms with Crippen molar-refractivity contribution in [3.8, 4) is 0 Å². The van der Waals surface area contributed by atoms with Crippen molar-refractivity contribution in [2.75, 3.05) is 20.8 Å². The summed E-state index contributed by atoms with van der Waals surface area (Å²) in [5.41, 5.74) is 0. The summed E-state index contributed by atoms with van der Waals surface area (Å²) in [5, 5.41) is 8.63. The zero-order chi connectivity index (χ0) is 15.7. The molecule has 0 amide bonds. The van der Waals surface area contributed by atoms with Crippen LogP contribution in [-0.2, 0) is 19.0 Å². The molecule has 1 atom stereocenters. The molecule has 0 aliphatic heterocycles. The number of ether oxygens (including phenoxy) is 3. The summed E-state index contributed by atoms with van der Waals surface area (Å²) < 4.78 is 16.3. The van der Waals surface area contributed by atoms with E-state index in [1.807, 2.05) is 25.2 Å². The third-order valence-corrected chi connectivity index (χ3v) is 2.98. The molecule has 1 rings (SSSR count). The lowest BCUT2D eigenvalue weighted by molar-refractivity contribution is -0.131. The smallest absolute Gasteiger partial charge is 0.327 e. The van der Waals surface area contributed by atoms with Crippen molar-refractivity contribution in [2.24, 2.45) is 5.92 Å². The van der Waals surface area contributed by atoms with Gasteiger partial charge in [0, 0.05) is 12.0 Å². The van der Waals surface area contributed by atoms with Gasteiger partial charge in [0.15, 0.2) is 5.76 Å². The Balaban J connectivity index is 2.98. The van der Waals surface area contributed by atoms with Gasteiger partial charge in [-0.2, -0.15) is 0 Å². The fraction of sp³-hybridized carbons (Fsp3) is 0.438. The van der Waals surface area contributed by atoms with E-state index in [0.717, 1.165) is 11.8 Å². The Hall–Kier alpha value is -2.17. The van der Waals surface area contributed by atoms with Crippen molar-refractivity contribution >= 4 is 5.97 Å². The molecule has 1 aliphatic rings. The van der Waals surface area contributed by atoms with Crippen LogP contribution >= 0.6 is 0 Å². The average molecular weight is 294 g/mol. The van der Waals surface area contributed by atoms with Crippen LogP contribution in [-0.4, -0.2) is 31.9 Å². The van der Waals surface area contributed by atoms with Crippen LogP contribution in [0.1, 0.15) is 19.8 Å². The SMILES string of the molecule is CCO/C1=C(\OC)C/C(OC)=C\C(C/C=C/C(=O)O)C=C1. The predicted octanol–water partition coefficient (Wildman–Crippen LogP) is 3.02. The lowest BCUT2D eigenvalue weighted by atomic mass is 10.00. The van der Waals surface area contributed by atoms with Crippen molar-refractivity contribution < 1.29 is 24.1 Å². The Kier molecular flexibility index (Phi) is 7.15. The number of hydrogen-bond acceptors (Lipinski definition) is 4. The van der Waals surface area contributed by atoms with Gasteiger partial charge in [-0.1, -0.05) is 12.2 Å². The minimum Gasteiger partial charge on any atom is -0.501 e. The van der Waals surface area contributed by atoms with E-state index in [-0.39, 0.29) is 5.92 Å². The van der Waals surface area contributed by atoms with Crippen molar-refractivity contribution in [1.82, 2.24) is 0 Å². The number of allylic oxidation sites excluding steroid dienone is 4. The van der Waals surface area contributed by atoms with Crippen molar-refractivity contribution in [3.05, 3.63) is 47.7 Å². The van der Waals surface area contributed by atoms with Gasteiger partial charge in [-0.3, -0.25) is 0 Å². The molecule has 0 bridgehead atoms. The molecule has 0 radical (unpaired) electrons. The van der Waals surface area contributed by atoms with E-state index in [9.17, 15) is 4.79 Å². The van der Waals surface area contributed by atoms with Crippen LogP contribution in [0.5, 0.6) is 0 Å². The predicted molar refractivity (Wildman–Crippen MR) is 79.4 cm³/mol. The Morgan fingerprint density at radius 2 is 2.19 bits per heavy atom. The molecule has 0 aromatic carbocycles. The lowest BCUT2D eigenvalue weighted by Gasteiger charge is -2.18. The molecular formula is C16H22O5. The maximum absolute atomic E-state index is 10.5. The zero-order valence-corrected chi connectivity index (χ0v) is 12.7. The Labute approximate surface area is 125 Å². The highest BCUT2D eigenvalue weighted by Gasteiger charge is 2.14. The van der Waals surface area contributed by atoms with Gasteiger partial charge in [0.1, 0.15) is 5.76 Å². The second-order valence-electron chi connectivity index (χ2n) is 4.44. The average Bonchev–Trinajstić information content (AvgIpc) is 2.44. The van der Waals surface area contributed by atoms with Gasteiger partial charge in [-0.15, -0.1) is 0 Å². The number of carbonyl (C=O) groups is 1. The highest BCUT2D eigenvalue weighted by Crippen LogP contribution is 2.25. The van der Waals surface area contributed by atoms with Crippen molar-refractivity contribution in [2.45, 2.75) is 19.8 Å². The third-order valence-electron chi connectivity index (χ3n) is 2.98. The van der Waals surface area contributed by atoms with E-state index in [2.05, 4.69) is 0 Å². The minimum atomic E-state index is -0.947. The number of rotatable bonds is 7. The van der Waals surface area contributed by atoms with Crippen LogP contribution < -0.4 is 0 Å². The number of carboxylic acid groups (broad SMARTS) is 1. The maximum atomic E-state index is 10.5. The summed E-state index contributed by atoms with van der Waals surface area (Å²) in [5.74, 6) is 1.25. The molecule has 0 fully saturated rings. The normalized spacial score (nSPS) is 24.9. The maximum Gasteiger partial charge on any atom is 0.327 e. The van der Waals surface area contributed by atoms with Gasteiger partial charge in [0.25, 0.3) is 0 Å². The molecule has 1 aliphatic carbocycles. The highest BCUT2D eigenvalue weighted by atomic mass is 16.5. The molecule has 0 saturated heterocycles. The molecule has 1 N–H and O–H groups in total. The fourth-order valence-electron chi connectivity index (χ4n) is 1.97. The van der Waals surface area contributed by atoms with Gasteiger partial charge < -0.3 is 19.3 Å². The van der Waals surface area contributed by atoms with Gasteiger partial charge in [0.05, 0.1) is 33.0 Å². The highest BCUT2D eigenvalue weighted by molar-refractivity contribution is 5.79. The van der Waals surface area contributed by atoms with Crippen LogP contribution in [0.4, 0.5) is 0 Å². The molecular weight excluding hydrogens is 272 g/mol. The second kappa shape index (κ2) is 8.89. The van der Waals surface area contributed by atoms with E-state index in [0.29, 0.717) is 31.0 Å².